The maximum absolute atomic E-state index is 11.9. The van der Waals surface area contributed by atoms with Gasteiger partial charge in [-0.25, -0.2) is 5.43 Å². The first kappa shape index (κ1) is 16.7. The van der Waals surface area contributed by atoms with Crippen LogP contribution >= 0.6 is 0 Å². The molecule has 0 radical (unpaired) electrons. The van der Waals surface area contributed by atoms with Crippen LogP contribution in [0.15, 0.2) is 29.4 Å². The number of anilines is 1. The molecule has 0 aromatic heterocycles. The summed E-state index contributed by atoms with van der Waals surface area (Å²) in [5.74, 6) is -0.506. The van der Waals surface area contributed by atoms with Crippen LogP contribution in [0.25, 0.3) is 0 Å². The van der Waals surface area contributed by atoms with Gasteiger partial charge in [0.1, 0.15) is 0 Å². The zero-order chi connectivity index (χ0) is 15.8. The molecule has 0 saturated heterocycles. The number of hydrogen-bond donors (Lipinski definition) is 3. The Morgan fingerprint density at radius 2 is 2.00 bits per heavy atom. The predicted octanol–water partition coefficient (Wildman–Crippen LogP) is 1.68. The Hall–Kier alpha value is -2.37. The molecule has 0 heterocycles. The van der Waals surface area contributed by atoms with Crippen molar-refractivity contribution in [2.24, 2.45) is 5.10 Å². The Morgan fingerprint density at radius 1 is 1.33 bits per heavy atom. The molecular weight excluding hydrogens is 268 g/mol. The number of nitrogens with two attached hydrogens (primary N) is 1. The third-order valence-electron chi connectivity index (χ3n) is 2.99. The van der Waals surface area contributed by atoms with Gasteiger partial charge in [-0.1, -0.05) is 19.1 Å². The highest BCUT2D eigenvalue weighted by atomic mass is 16.2. The second-order valence-corrected chi connectivity index (χ2v) is 4.93. The molecule has 4 N–H and O–H groups in total. The van der Waals surface area contributed by atoms with Crippen molar-refractivity contribution in [1.29, 1.82) is 0 Å². The van der Waals surface area contributed by atoms with Gasteiger partial charge < -0.3 is 11.1 Å². The molecule has 2 amide bonds. The Balaban J connectivity index is 2.54. The molecule has 0 bridgehead atoms. The Bertz CT molecular complexity index is 540. The number of nitrogens with one attached hydrogen (secondary N) is 2. The van der Waals surface area contributed by atoms with Gasteiger partial charge in [-0.3, -0.25) is 9.59 Å². The van der Waals surface area contributed by atoms with Crippen molar-refractivity contribution in [1.82, 2.24) is 10.7 Å². The van der Waals surface area contributed by atoms with Crippen LogP contribution in [0, 0.1) is 0 Å². The average molecular weight is 290 g/mol. The minimum absolute atomic E-state index is 0.112. The number of benzene rings is 1. The van der Waals surface area contributed by atoms with Crippen molar-refractivity contribution in [3.05, 3.63) is 29.8 Å². The lowest BCUT2D eigenvalue weighted by molar-refractivity contribution is -0.120. The van der Waals surface area contributed by atoms with E-state index in [9.17, 15) is 9.59 Å². The van der Waals surface area contributed by atoms with E-state index in [1.54, 1.807) is 31.2 Å². The van der Waals surface area contributed by atoms with Crippen molar-refractivity contribution in [2.75, 3.05) is 5.73 Å². The zero-order valence-corrected chi connectivity index (χ0v) is 12.6. The van der Waals surface area contributed by atoms with E-state index >= 15 is 0 Å². The quantitative estimate of drug-likeness (QED) is 0.422. The Morgan fingerprint density at radius 3 is 2.62 bits per heavy atom. The Labute approximate surface area is 124 Å². The van der Waals surface area contributed by atoms with Crippen LogP contribution in [0.1, 0.15) is 44.0 Å². The smallest absolute Gasteiger partial charge is 0.273 e. The second-order valence-electron chi connectivity index (χ2n) is 4.93. The third kappa shape index (κ3) is 5.64. The van der Waals surface area contributed by atoms with Crippen LogP contribution in [0.2, 0.25) is 0 Å². The fraction of sp³-hybridized carbons (Fsp3) is 0.400. The van der Waals surface area contributed by atoms with Crippen molar-refractivity contribution in [2.45, 2.75) is 39.7 Å². The number of amides is 2. The summed E-state index contributed by atoms with van der Waals surface area (Å²) in [5, 5.41) is 6.75. The van der Waals surface area contributed by atoms with E-state index in [-0.39, 0.29) is 18.4 Å². The summed E-state index contributed by atoms with van der Waals surface area (Å²) in [5.41, 5.74) is 9.38. The molecule has 0 saturated carbocycles. The largest absolute Gasteiger partial charge is 0.398 e. The summed E-state index contributed by atoms with van der Waals surface area (Å²) >= 11 is 0. The number of hydrazone groups is 1. The van der Waals surface area contributed by atoms with Crippen molar-refractivity contribution >= 4 is 23.2 Å². The van der Waals surface area contributed by atoms with Crippen LogP contribution in [0.5, 0.6) is 0 Å². The number of nitrogens with zero attached hydrogens (tertiary/aromatic N) is 1. The molecule has 1 aromatic carbocycles. The predicted molar refractivity (Wildman–Crippen MR) is 83.9 cm³/mol. The molecule has 1 atom stereocenters. The fourth-order valence-electron chi connectivity index (χ4n) is 1.61. The van der Waals surface area contributed by atoms with E-state index in [2.05, 4.69) is 15.8 Å². The summed E-state index contributed by atoms with van der Waals surface area (Å²) in [6.45, 7) is 5.62. The van der Waals surface area contributed by atoms with Gasteiger partial charge in [0.2, 0.25) is 5.91 Å². The van der Waals surface area contributed by atoms with Crippen LogP contribution < -0.4 is 16.5 Å². The van der Waals surface area contributed by atoms with Crippen molar-refractivity contribution < 1.29 is 9.59 Å². The lowest BCUT2D eigenvalue weighted by Gasteiger charge is -2.11. The molecule has 6 heteroatoms. The molecule has 21 heavy (non-hydrogen) atoms. The molecule has 1 aromatic rings. The highest BCUT2D eigenvalue weighted by molar-refractivity contribution is 6.02. The third-order valence-corrected chi connectivity index (χ3v) is 2.99. The van der Waals surface area contributed by atoms with E-state index in [1.807, 2.05) is 13.8 Å². The first-order valence-electron chi connectivity index (χ1n) is 6.91. The van der Waals surface area contributed by atoms with Gasteiger partial charge in [-0.2, -0.15) is 5.10 Å². The molecule has 0 fully saturated rings. The van der Waals surface area contributed by atoms with Crippen LogP contribution in [0.4, 0.5) is 5.69 Å². The first-order chi connectivity index (χ1) is 9.93. The monoisotopic (exact) mass is 290 g/mol. The van der Waals surface area contributed by atoms with Gasteiger partial charge in [-0.05, 0) is 32.4 Å². The number of carbonyl (C=O) groups is 2. The van der Waals surface area contributed by atoms with E-state index < -0.39 is 5.91 Å². The van der Waals surface area contributed by atoms with Gasteiger partial charge in [0.25, 0.3) is 5.91 Å². The summed E-state index contributed by atoms with van der Waals surface area (Å²) in [4.78, 5) is 23.5. The second kappa shape index (κ2) is 8.04. The standard InChI is InChI=1S/C15H22N4O2/c1-4-10(2)17-14(20)9-11(3)18-19-15(21)12-7-5-6-8-13(12)16/h5-8,10H,4,9,16H2,1-3H3,(H,17,20)(H,19,21). The van der Waals surface area contributed by atoms with Gasteiger partial charge in [0.05, 0.1) is 12.0 Å². The molecule has 0 spiro atoms. The van der Waals surface area contributed by atoms with Crippen LogP contribution in [-0.4, -0.2) is 23.6 Å². The molecule has 0 aliphatic heterocycles. The zero-order valence-electron chi connectivity index (χ0n) is 12.6. The number of carbonyl (C=O) groups excluding carboxylic acids is 2. The summed E-state index contributed by atoms with van der Waals surface area (Å²) < 4.78 is 0. The minimum atomic E-state index is -0.394. The van der Waals surface area contributed by atoms with Gasteiger partial charge >= 0.3 is 0 Å². The van der Waals surface area contributed by atoms with E-state index in [0.29, 0.717) is 17.0 Å². The van der Waals surface area contributed by atoms with Gasteiger partial charge in [0, 0.05) is 17.4 Å². The highest BCUT2D eigenvalue weighted by Crippen LogP contribution is 2.09. The maximum Gasteiger partial charge on any atom is 0.273 e. The highest BCUT2D eigenvalue weighted by Gasteiger charge is 2.09. The summed E-state index contributed by atoms with van der Waals surface area (Å²) in [6, 6.07) is 6.86. The number of rotatable bonds is 6. The molecule has 6 nitrogen and oxygen atoms in total. The lowest BCUT2D eigenvalue weighted by Crippen LogP contribution is -2.33. The van der Waals surface area contributed by atoms with Crippen molar-refractivity contribution in [3.8, 4) is 0 Å². The number of nitrogen functional groups attached to an aromatic ring is 1. The first-order valence-corrected chi connectivity index (χ1v) is 6.91. The van der Waals surface area contributed by atoms with Gasteiger partial charge in [-0.15, -0.1) is 0 Å². The van der Waals surface area contributed by atoms with Crippen LogP contribution in [0.3, 0.4) is 0 Å². The number of para-hydroxylation sites is 1. The summed E-state index contributed by atoms with van der Waals surface area (Å²) in [6.07, 6.45) is 1.01. The average Bonchev–Trinajstić information content (AvgIpc) is 2.44. The SMILES string of the molecule is CCC(C)NC(=O)CC(C)=NNC(=O)c1ccccc1N. The van der Waals surface area contributed by atoms with E-state index in [4.69, 9.17) is 5.73 Å². The van der Waals surface area contributed by atoms with E-state index in [1.165, 1.54) is 0 Å². The van der Waals surface area contributed by atoms with Crippen molar-refractivity contribution in [3.63, 3.8) is 0 Å². The topological polar surface area (TPSA) is 96.6 Å². The maximum atomic E-state index is 11.9. The molecule has 0 aliphatic carbocycles. The van der Waals surface area contributed by atoms with Gasteiger partial charge in [0.15, 0.2) is 0 Å². The van der Waals surface area contributed by atoms with Crippen LogP contribution in [-0.2, 0) is 4.79 Å². The Kier molecular flexibility index (Phi) is 6.39. The number of hydrogen-bond acceptors (Lipinski definition) is 4. The molecule has 114 valence electrons. The fourth-order valence-corrected chi connectivity index (χ4v) is 1.61. The molecule has 1 unspecified atom stereocenters. The molecular formula is C15H22N4O2. The minimum Gasteiger partial charge on any atom is -0.398 e. The molecule has 0 aliphatic rings. The normalized spacial score (nSPS) is 12.6. The van der Waals surface area contributed by atoms with E-state index in [0.717, 1.165) is 6.42 Å². The summed E-state index contributed by atoms with van der Waals surface area (Å²) in [7, 11) is 0. The molecule has 1 rings (SSSR count). The lowest BCUT2D eigenvalue weighted by atomic mass is 10.2.